The molecule has 0 aromatic carbocycles. The van der Waals surface area contributed by atoms with Gasteiger partial charge in [-0.15, -0.1) is 0 Å². The second-order valence-corrected chi connectivity index (χ2v) is 5.40. The molecule has 96 valence electrons. The molecule has 1 fully saturated rings. The van der Waals surface area contributed by atoms with E-state index in [1.807, 2.05) is 0 Å². The minimum absolute atomic E-state index is 0.460. The zero-order chi connectivity index (χ0) is 11.9. The predicted octanol–water partition coefficient (Wildman–Crippen LogP) is 3.36. The molecule has 1 atom stereocenters. The molecule has 2 heteroatoms. The summed E-state index contributed by atoms with van der Waals surface area (Å²) in [6.07, 6.45) is 8.05. The molecule has 1 saturated carbocycles. The Kier molecular flexibility index (Phi) is 6.37. The summed E-state index contributed by atoms with van der Waals surface area (Å²) in [4.78, 5) is 0. The smallest absolute Gasteiger partial charge is 0.0624 e. The second-order valence-electron chi connectivity index (χ2n) is 5.40. The third kappa shape index (κ3) is 4.06. The first-order valence-corrected chi connectivity index (χ1v) is 7.04. The van der Waals surface area contributed by atoms with Gasteiger partial charge in [-0.2, -0.15) is 0 Å². The van der Waals surface area contributed by atoms with Crippen LogP contribution in [0.1, 0.15) is 59.3 Å². The van der Waals surface area contributed by atoms with Gasteiger partial charge in [0.15, 0.2) is 0 Å². The Balaban J connectivity index is 2.45. The fourth-order valence-corrected chi connectivity index (χ4v) is 2.81. The van der Waals surface area contributed by atoms with Gasteiger partial charge in [-0.1, -0.05) is 40.0 Å². The molecule has 0 aliphatic heterocycles. The van der Waals surface area contributed by atoms with Crippen LogP contribution in [0, 0.1) is 5.41 Å². The first-order valence-electron chi connectivity index (χ1n) is 7.04. The average Bonchev–Trinajstić information content (AvgIpc) is 2.29. The highest BCUT2D eigenvalue weighted by atomic mass is 16.5. The number of nitrogens with one attached hydrogen (secondary N) is 1. The second kappa shape index (κ2) is 7.29. The van der Waals surface area contributed by atoms with Gasteiger partial charge in [0.25, 0.3) is 0 Å². The maximum absolute atomic E-state index is 5.75. The molecule has 1 rings (SSSR count). The molecule has 0 bridgehead atoms. The van der Waals surface area contributed by atoms with Crippen molar-refractivity contribution in [2.45, 2.75) is 65.3 Å². The lowest BCUT2D eigenvalue weighted by Crippen LogP contribution is -2.47. The van der Waals surface area contributed by atoms with Gasteiger partial charge in [0.05, 0.1) is 6.61 Å². The van der Waals surface area contributed by atoms with Crippen molar-refractivity contribution in [3.63, 3.8) is 0 Å². The third-order valence-corrected chi connectivity index (χ3v) is 3.92. The van der Waals surface area contributed by atoms with Crippen molar-refractivity contribution in [2.24, 2.45) is 5.41 Å². The maximum atomic E-state index is 5.75. The molecule has 1 aliphatic rings. The third-order valence-electron chi connectivity index (χ3n) is 3.92. The van der Waals surface area contributed by atoms with E-state index in [0.717, 1.165) is 26.2 Å². The largest absolute Gasteiger partial charge is 0.380 e. The van der Waals surface area contributed by atoms with E-state index in [-0.39, 0.29) is 0 Å². The van der Waals surface area contributed by atoms with Crippen molar-refractivity contribution < 1.29 is 4.74 Å². The lowest BCUT2D eigenvalue weighted by molar-refractivity contribution is 0.0457. The normalized spacial score (nSPS) is 21.9. The van der Waals surface area contributed by atoms with E-state index in [2.05, 4.69) is 26.1 Å². The van der Waals surface area contributed by atoms with E-state index in [0.29, 0.717) is 11.5 Å². The maximum Gasteiger partial charge on any atom is 0.0624 e. The summed E-state index contributed by atoms with van der Waals surface area (Å²) in [6, 6.07) is 0.546. The molecule has 0 radical (unpaired) electrons. The Morgan fingerprint density at radius 3 is 2.44 bits per heavy atom. The van der Waals surface area contributed by atoms with Gasteiger partial charge in [-0.25, -0.2) is 0 Å². The Hall–Kier alpha value is -0.0800. The van der Waals surface area contributed by atoms with Crippen LogP contribution in [-0.2, 0) is 4.74 Å². The molecule has 0 aromatic rings. The van der Waals surface area contributed by atoms with Gasteiger partial charge in [-0.3, -0.25) is 0 Å². The summed E-state index contributed by atoms with van der Waals surface area (Å²) >= 11 is 0. The van der Waals surface area contributed by atoms with E-state index in [1.54, 1.807) is 0 Å². The molecule has 0 saturated heterocycles. The topological polar surface area (TPSA) is 21.3 Å². The Bertz CT molecular complexity index is 176. The Labute approximate surface area is 101 Å². The van der Waals surface area contributed by atoms with E-state index in [4.69, 9.17) is 4.74 Å². The van der Waals surface area contributed by atoms with Crippen LogP contribution in [0.5, 0.6) is 0 Å². The first-order chi connectivity index (χ1) is 7.73. The summed E-state index contributed by atoms with van der Waals surface area (Å²) in [6.45, 7) is 9.64. The minimum Gasteiger partial charge on any atom is -0.380 e. The molecule has 16 heavy (non-hydrogen) atoms. The van der Waals surface area contributed by atoms with E-state index in [1.165, 1.54) is 32.1 Å². The number of hydrogen-bond donors (Lipinski definition) is 1. The van der Waals surface area contributed by atoms with Crippen LogP contribution in [0.15, 0.2) is 0 Å². The molecular formula is C14H29NO. The molecular weight excluding hydrogens is 198 g/mol. The number of likely N-dealkylation sites (N-methyl/N-ethyl adjacent to an activating group) is 1. The summed E-state index contributed by atoms with van der Waals surface area (Å²) < 4.78 is 5.75. The number of rotatable bonds is 7. The van der Waals surface area contributed by atoms with Gasteiger partial charge in [0, 0.05) is 12.6 Å². The summed E-state index contributed by atoms with van der Waals surface area (Å²) in [7, 11) is 0. The molecule has 0 spiro atoms. The molecule has 0 aromatic heterocycles. The quantitative estimate of drug-likeness (QED) is 0.673. The van der Waals surface area contributed by atoms with Crippen LogP contribution in [0.2, 0.25) is 0 Å². The van der Waals surface area contributed by atoms with Gasteiger partial charge >= 0.3 is 0 Å². The lowest BCUT2D eigenvalue weighted by atomic mass is 9.70. The number of hydrogen-bond acceptors (Lipinski definition) is 2. The zero-order valence-electron chi connectivity index (χ0n) is 11.3. The van der Waals surface area contributed by atoms with Gasteiger partial charge < -0.3 is 10.1 Å². The highest BCUT2D eigenvalue weighted by Crippen LogP contribution is 2.38. The van der Waals surface area contributed by atoms with Crippen molar-refractivity contribution in [1.29, 1.82) is 0 Å². The Morgan fingerprint density at radius 2 is 1.88 bits per heavy atom. The van der Waals surface area contributed by atoms with Gasteiger partial charge in [0.1, 0.15) is 0 Å². The van der Waals surface area contributed by atoms with E-state index < -0.39 is 0 Å². The highest BCUT2D eigenvalue weighted by Gasteiger charge is 2.34. The van der Waals surface area contributed by atoms with E-state index >= 15 is 0 Å². The molecule has 1 N–H and O–H groups in total. The van der Waals surface area contributed by atoms with Crippen LogP contribution >= 0.6 is 0 Å². The SMILES string of the molecule is CCCOCC(NCC)C1(C)CCCCC1. The Morgan fingerprint density at radius 1 is 1.19 bits per heavy atom. The van der Waals surface area contributed by atoms with Crippen molar-refractivity contribution in [3.8, 4) is 0 Å². The lowest BCUT2D eigenvalue weighted by Gasteiger charge is -2.41. The van der Waals surface area contributed by atoms with Crippen LogP contribution in [0.3, 0.4) is 0 Å². The van der Waals surface area contributed by atoms with Crippen molar-refractivity contribution >= 4 is 0 Å². The van der Waals surface area contributed by atoms with Crippen molar-refractivity contribution in [2.75, 3.05) is 19.8 Å². The molecule has 1 unspecified atom stereocenters. The van der Waals surface area contributed by atoms with Crippen LogP contribution in [0.4, 0.5) is 0 Å². The minimum atomic E-state index is 0.460. The predicted molar refractivity (Wildman–Crippen MR) is 69.8 cm³/mol. The molecule has 0 amide bonds. The van der Waals surface area contributed by atoms with Gasteiger partial charge in [-0.05, 0) is 31.2 Å². The van der Waals surface area contributed by atoms with Crippen molar-refractivity contribution in [1.82, 2.24) is 5.32 Å². The molecule has 2 nitrogen and oxygen atoms in total. The standard InChI is InChI=1S/C14H29NO/c1-4-11-16-12-13(15-5-2)14(3)9-7-6-8-10-14/h13,15H,4-12H2,1-3H3. The van der Waals surface area contributed by atoms with Crippen LogP contribution in [-0.4, -0.2) is 25.8 Å². The summed E-state index contributed by atoms with van der Waals surface area (Å²) in [5, 5.41) is 3.63. The molecule has 1 aliphatic carbocycles. The highest BCUT2D eigenvalue weighted by molar-refractivity contribution is 4.89. The molecule has 0 heterocycles. The van der Waals surface area contributed by atoms with E-state index in [9.17, 15) is 0 Å². The van der Waals surface area contributed by atoms with Crippen molar-refractivity contribution in [3.05, 3.63) is 0 Å². The number of ether oxygens (including phenoxy) is 1. The first kappa shape index (κ1) is 14.0. The fourth-order valence-electron chi connectivity index (χ4n) is 2.81. The monoisotopic (exact) mass is 227 g/mol. The summed E-state index contributed by atoms with van der Waals surface area (Å²) in [5.74, 6) is 0. The average molecular weight is 227 g/mol. The van der Waals surface area contributed by atoms with Crippen LogP contribution in [0.25, 0.3) is 0 Å². The van der Waals surface area contributed by atoms with Gasteiger partial charge in [0.2, 0.25) is 0 Å². The zero-order valence-corrected chi connectivity index (χ0v) is 11.3. The fraction of sp³-hybridized carbons (Fsp3) is 1.00. The van der Waals surface area contributed by atoms with Crippen LogP contribution < -0.4 is 5.32 Å². The summed E-state index contributed by atoms with van der Waals surface area (Å²) in [5.41, 5.74) is 0.460.